The number of ether oxygens (including phenoxy) is 2. The largest absolute Gasteiger partial charge is 0.497 e. The van der Waals surface area contributed by atoms with Crippen molar-refractivity contribution in [2.75, 3.05) is 14.2 Å². The zero-order valence-corrected chi connectivity index (χ0v) is 10.2. The third-order valence-corrected chi connectivity index (χ3v) is 2.55. The van der Waals surface area contributed by atoms with Gasteiger partial charge in [-0.2, -0.15) is 13.2 Å². The zero-order chi connectivity index (χ0) is 13.9. The summed E-state index contributed by atoms with van der Waals surface area (Å²) in [7, 11) is 2.45. The Balaban J connectivity index is 3.24. The second kappa shape index (κ2) is 5.29. The normalized spacial score (nSPS) is 13.0. The number of hydrogen-bond donors (Lipinski definition) is 0. The summed E-state index contributed by atoms with van der Waals surface area (Å²) in [5, 5.41) is 0. The molecule has 1 unspecified atom stereocenters. The van der Waals surface area contributed by atoms with Crippen molar-refractivity contribution in [1.29, 1.82) is 0 Å². The Morgan fingerprint density at radius 1 is 1.22 bits per heavy atom. The number of halogens is 3. The van der Waals surface area contributed by atoms with Crippen LogP contribution in [0, 0.1) is 0 Å². The average molecular weight is 262 g/mol. The van der Waals surface area contributed by atoms with E-state index in [-0.39, 0.29) is 11.3 Å². The molecule has 1 atom stereocenters. The third-order valence-electron chi connectivity index (χ3n) is 2.55. The van der Waals surface area contributed by atoms with Gasteiger partial charge in [0.15, 0.2) is 0 Å². The van der Waals surface area contributed by atoms with E-state index < -0.39 is 23.6 Å². The number of benzene rings is 1. The summed E-state index contributed by atoms with van der Waals surface area (Å²) < 4.78 is 47.3. The van der Waals surface area contributed by atoms with Crippen molar-refractivity contribution in [3.05, 3.63) is 29.3 Å². The highest BCUT2D eigenvalue weighted by Gasteiger charge is 2.32. The van der Waals surface area contributed by atoms with Gasteiger partial charge in [0.1, 0.15) is 5.75 Å². The van der Waals surface area contributed by atoms with Gasteiger partial charge in [0.2, 0.25) is 0 Å². The fourth-order valence-electron chi connectivity index (χ4n) is 1.47. The van der Waals surface area contributed by atoms with E-state index in [2.05, 4.69) is 4.74 Å². The molecule has 1 aromatic rings. The Labute approximate surface area is 103 Å². The monoisotopic (exact) mass is 262 g/mol. The summed E-state index contributed by atoms with van der Waals surface area (Å²) in [4.78, 5) is 11.3. The lowest BCUT2D eigenvalue weighted by molar-refractivity contribution is -0.142. The van der Waals surface area contributed by atoms with E-state index in [0.29, 0.717) is 0 Å². The van der Waals surface area contributed by atoms with Gasteiger partial charge in [0, 0.05) is 0 Å². The molecule has 0 N–H and O–H groups in total. The van der Waals surface area contributed by atoms with E-state index >= 15 is 0 Å². The molecule has 0 aliphatic heterocycles. The van der Waals surface area contributed by atoms with Crippen LogP contribution in [0.3, 0.4) is 0 Å². The minimum Gasteiger partial charge on any atom is -0.497 e. The zero-order valence-electron chi connectivity index (χ0n) is 10.2. The van der Waals surface area contributed by atoms with E-state index in [9.17, 15) is 18.0 Å². The van der Waals surface area contributed by atoms with Crippen molar-refractivity contribution >= 4 is 5.97 Å². The van der Waals surface area contributed by atoms with E-state index in [1.807, 2.05) is 0 Å². The Kier molecular flexibility index (Phi) is 4.21. The van der Waals surface area contributed by atoms with Crippen molar-refractivity contribution in [3.63, 3.8) is 0 Å². The number of methoxy groups -OCH3 is 2. The lowest BCUT2D eigenvalue weighted by atomic mass is 9.98. The SMILES string of the molecule is COC(=O)C(C)c1cc(OC)cc(C(F)(F)F)c1. The molecule has 6 heteroatoms. The molecule has 0 aliphatic carbocycles. The van der Waals surface area contributed by atoms with Crippen LogP contribution in [0.1, 0.15) is 24.0 Å². The molecule has 0 amide bonds. The van der Waals surface area contributed by atoms with Gasteiger partial charge in [-0.25, -0.2) is 0 Å². The maximum absolute atomic E-state index is 12.7. The second-order valence-electron chi connectivity index (χ2n) is 3.74. The highest BCUT2D eigenvalue weighted by molar-refractivity contribution is 5.77. The van der Waals surface area contributed by atoms with Crippen LogP contribution in [0.15, 0.2) is 18.2 Å². The van der Waals surface area contributed by atoms with Crippen molar-refractivity contribution in [2.24, 2.45) is 0 Å². The maximum Gasteiger partial charge on any atom is 0.416 e. The summed E-state index contributed by atoms with van der Waals surface area (Å²) in [6, 6.07) is 3.19. The summed E-state index contributed by atoms with van der Waals surface area (Å²) in [5.74, 6) is -1.34. The Morgan fingerprint density at radius 2 is 1.83 bits per heavy atom. The Morgan fingerprint density at radius 3 is 2.28 bits per heavy atom. The molecule has 0 radical (unpaired) electrons. The van der Waals surface area contributed by atoms with Crippen LogP contribution in [0.25, 0.3) is 0 Å². The third kappa shape index (κ3) is 3.15. The number of alkyl halides is 3. The van der Waals surface area contributed by atoms with Crippen molar-refractivity contribution in [1.82, 2.24) is 0 Å². The molecule has 100 valence electrons. The maximum atomic E-state index is 12.7. The van der Waals surface area contributed by atoms with Gasteiger partial charge in [-0.05, 0) is 30.7 Å². The van der Waals surface area contributed by atoms with Crippen molar-refractivity contribution in [2.45, 2.75) is 19.0 Å². The smallest absolute Gasteiger partial charge is 0.416 e. The lowest BCUT2D eigenvalue weighted by Crippen LogP contribution is -2.13. The Hall–Kier alpha value is -1.72. The number of hydrogen-bond acceptors (Lipinski definition) is 3. The minimum atomic E-state index is -4.49. The summed E-state index contributed by atoms with van der Waals surface area (Å²) >= 11 is 0. The molecule has 0 fully saturated rings. The molecule has 3 nitrogen and oxygen atoms in total. The van der Waals surface area contributed by atoms with E-state index in [4.69, 9.17) is 4.74 Å². The van der Waals surface area contributed by atoms with Crippen LogP contribution in [-0.4, -0.2) is 20.2 Å². The highest BCUT2D eigenvalue weighted by Crippen LogP contribution is 2.34. The molecule has 0 aromatic heterocycles. The number of carbonyl (C=O) groups excluding carboxylic acids is 1. The standard InChI is InChI=1S/C12H13F3O3/c1-7(11(16)18-3)8-4-9(12(13,14)15)6-10(5-8)17-2/h4-7H,1-3H3. The first-order chi connectivity index (χ1) is 8.29. The first kappa shape index (κ1) is 14.3. The van der Waals surface area contributed by atoms with E-state index in [1.165, 1.54) is 27.2 Å². The topological polar surface area (TPSA) is 35.5 Å². The predicted molar refractivity (Wildman–Crippen MR) is 58.4 cm³/mol. The quantitative estimate of drug-likeness (QED) is 0.785. The first-order valence-electron chi connectivity index (χ1n) is 5.13. The molecule has 0 bridgehead atoms. The number of rotatable bonds is 3. The first-order valence-corrected chi connectivity index (χ1v) is 5.13. The fourth-order valence-corrected chi connectivity index (χ4v) is 1.47. The van der Waals surface area contributed by atoms with Gasteiger partial charge < -0.3 is 9.47 Å². The van der Waals surface area contributed by atoms with Gasteiger partial charge in [0.05, 0.1) is 25.7 Å². The number of carbonyl (C=O) groups is 1. The summed E-state index contributed by atoms with van der Waals surface area (Å²) in [6.07, 6.45) is -4.49. The van der Waals surface area contributed by atoms with Gasteiger partial charge in [0.25, 0.3) is 0 Å². The van der Waals surface area contributed by atoms with Crippen molar-refractivity contribution in [3.8, 4) is 5.75 Å². The molecule has 0 aliphatic rings. The van der Waals surface area contributed by atoms with Gasteiger partial charge in [-0.1, -0.05) is 0 Å². The molecule has 1 aromatic carbocycles. The fraction of sp³-hybridized carbons (Fsp3) is 0.417. The van der Waals surface area contributed by atoms with Crippen molar-refractivity contribution < 1.29 is 27.4 Å². The lowest BCUT2D eigenvalue weighted by Gasteiger charge is -2.14. The minimum absolute atomic E-state index is 0.0515. The Bertz CT molecular complexity index is 441. The van der Waals surface area contributed by atoms with Crippen LogP contribution in [0.2, 0.25) is 0 Å². The van der Waals surface area contributed by atoms with Crippen LogP contribution in [0.4, 0.5) is 13.2 Å². The summed E-state index contributed by atoms with van der Waals surface area (Å²) in [6.45, 7) is 1.47. The van der Waals surface area contributed by atoms with Crippen LogP contribution < -0.4 is 4.74 Å². The van der Waals surface area contributed by atoms with Gasteiger partial charge in [-0.15, -0.1) is 0 Å². The molecule has 0 spiro atoms. The van der Waals surface area contributed by atoms with Crippen LogP contribution >= 0.6 is 0 Å². The van der Waals surface area contributed by atoms with Crippen LogP contribution in [-0.2, 0) is 15.7 Å². The molecule has 0 saturated carbocycles. The molecule has 0 heterocycles. The second-order valence-corrected chi connectivity index (χ2v) is 3.74. The average Bonchev–Trinajstić information content (AvgIpc) is 2.35. The van der Waals surface area contributed by atoms with Gasteiger partial charge >= 0.3 is 12.1 Å². The molecular formula is C12H13F3O3. The predicted octanol–water partition coefficient (Wildman–Crippen LogP) is 2.99. The van der Waals surface area contributed by atoms with E-state index in [0.717, 1.165) is 12.1 Å². The molecule has 18 heavy (non-hydrogen) atoms. The summed E-state index contributed by atoms with van der Waals surface area (Å²) in [5.41, 5.74) is -0.652. The molecule has 0 saturated heterocycles. The van der Waals surface area contributed by atoms with Gasteiger partial charge in [-0.3, -0.25) is 4.79 Å². The highest BCUT2D eigenvalue weighted by atomic mass is 19.4. The van der Waals surface area contributed by atoms with E-state index in [1.54, 1.807) is 0 Å². The van der Waals surface area contributed by atoms with Crippen LogP contribution in [0.5, 0.6) is 5.75 Å². The number of esters is 1. The molecule has 1 rings (SSSR count). The molecular weight excluding hydrogens is 249 g/mol.